The lowest BCUT2D eigenvalue weighted by Crippen LogP contribution is -2.45. The topological polar surface area (TPSA) is 92.5 Å². The largest absolute Gasteiger partial charge is 0.481 e. The van der Waals surface area contributed by atoms with E-state index in [1.807, 2.05) is 20.8 Å². The molecule has 2 rings (SSSR count). The van der Waals surface area contributed by atoms with Crippen LogP contribution in [0, 0.1) is 17.8 Å². The van der Waals surface area contributed by atoms with Gasteiger partial charge in [0.15, 0.2) is 5.03 Å². The molecule has 1 aliphatic rings. The standard InChI is InChI=1S/C14H23N3O4S/c1-10(2)5-16-8-13(15-9-16)22(20,21)17-6-11(3)4-12(7-17)14(18)19/h8-12H,4-7H2,1-3H3,(H,18,19). The molecule has 2 unspecified atom stereocenters. The molecule has 0 aromatic carbocycles. The van der Waals surface area contributed by atoms with E-state index in [0.29, 0.717) is 25.4 Å². The van der Waals surface area contributed by atoms with Crippen molar-refractivity contribution in [2.75, 3.05) is 13.1 Å². The van der Waals surface area contributed by atoms with Crippen molar-refractivity contribution in [3.05, 3.63) is 12.5 Å². The van der Waals surface area contributed by atoms with Crippen molar-refractivity contribution in [3.63, 3.8) is 0 Å². The Bertz CT molecular complexity index is 638. The van der Waals surface area contributed by atoms with Gasteiger partial charge in [-0.05, 0) is 18.3 Å². The number of carboxylic acid groups (broad SMARTS) is 1. The summed E-state index contributed by atoms with van der Waals surface area (Å²) < 4.78 is 28.3. The lowest BCUT2D eigenvalue weighted by molar-refractivity contribution is -0.143. The number of hydrogen-bond acceptors (Lipinski definition) is 4. The highest BCUT2D eigenvalue weighted by Crippen LogP contribution is 2.26. The molecule has 0 spiro atoms. The summed E-state index contributed by atoms with van der Waals surface area (Å²) in [7, 11) is -3.74. The average molecular weight is 329 g/mol. The molecular formula is C14H23N3O4S. The third-order valence-corrected chi connectivity index (χ3v) is 5.48. The van der Waals surface area contributed by atoms with E-state index in [-0.39, 0.29) is 17.5 Å². The molecule has 124 valence electrons. The van der Waals surface area contributed by atoms with Gasteiger partial charge in [0.1, 0.15) is 0 Å². The van der Waals surface area contributed by atoms with Crippen molar-refractivity contribution in [1.82, 2.24) is 13.9 Å². The fraction of sp³-hybridized carbons (Fsp3) is 0.714. The molecule has 0 amide bonds. The highest BCUT2D eigenvalue weighted by Gasteiger charge is 2.37. The quantitative estimate of drug-likeness (QED) is 0.878. The van der Waals surface area contributed by atoms with Crippen LogP contribution >= 0.6 is 0 Å². The monoisotopic (exact) mass is 329 g/mol. The Morgan fingerprint density at radius 2 is 2.14 bits per heavy atom. The molecule has 1 fully saturated rings. The van der Waals surface area contributed by atoms with Crippen LogP contribution in [0.2, 0.25) is 0 Å². The fourth-order valence-electron chi connectivity index (χ4n) is 2.80. The summed E-state index contributed by atoms with van der Waals surface area (Å²) >= 11 is 0. The van der Waals surface area contributed by atoms with E-state index in [9.17, 15) is 18.3 Å². The van der Waals surface area contributed by atoms with Crippen LogP contribution in [0.3, 0.4) is 0 Å². The van der Waals surface area contributed by atoms with Crippen LogP contribution in [0.15, 0.2) is 17.6 Å². The van der Waals surface area contributed by atoms with Gasteiger partial charge in [0, 0.05) is 25.8 Å². The first-order valence-corrected chi connectivity index (χ1v) is 8.89. The molecule has 2 heterocycles. The van der Waals surface area contributed by atoms with Crippen molar-refractivity contribution in [3.8, 4) is 0 Å². The molecule has 22 heavy (non-hydrogen) atoms. The maximum absolute atomic E-state index is 12.7. The number of carboxylic acids is 1. The van der Waals surface area contributed by atoms with E-state index >= 15 is 0 Å². The zero-order valence-corrected chi connectivity index (χ0v) is 14.0. The summed E-state index contributed by atoms with van der Waals surface area (Å²) in [5, 5.41) is 9.16. The molecule has 0 radical (unpaired) electrons. The number of aromatic nitrogens is 2. The van der Waals surface area contributed by atoms with E-state index in [2.05, 4.69) is 4.98 Å². The number of aliphatic carboxylic acids is 1. The van der Waals surface area contributed by atoms with Crippen LogP contribution in [0.25, 0.3) is 0 Å². The van der Waals surface area contributed by atoms with Crippen molar-refractivity contribution in [2.45, 2.75) is 38.8 Å². The maximum Gasteiger partial charge on any atom is 0.307 e. The zero-order valence-electron chi connectivity index (χ0n) is 13.1. The minimum atomic E-state index is -3.74. The summed E-state index contributed by atoms with van der Waals surface area (Å²) in [5.41, 5.74) is 0. The van der Waals surface area contributed by atoms with Gasteiger partial charge in [-0.3, -0.25) is 4.79 Å². The molecule has 0 bridgehead atoms. The Hall–Kier alpha value is -1.41. The van der Waals surface area contributed by atoms with Crippen LogP contribution in [-0.2, 0) is 21.4 Å². The van der Waals surface area contributed by atoms with Gasteiger partial charge in [0.05, 0.1) is 12.2 Å². The molecule has 1 aliphatic heterocycles. The van der Waals surface area contributed by atoms with E-state index in [4.69, 9.17) is 0 Å². The molecule has 0 aliphatic carbocycles. The number of sulfonamides is 1. The van der Waals surface area contributed by atoms with E-state index in [0.717, 1.165) is 0 Å². The van der Waals surface area contributed by atoms with Gasteiger partial charge in [0.2, 0.25) is 0 Å². The van der Waals surface area contributed by atoms with Gasteiger partial charge in [-0.1, -0.05) is 20.8 Å². The molecule has 0 saturated carbocycles. The summed E-state index contributed by atoms with van der Waals surface area (Å²) in [6, 6.07) is 0. The van der Waals surface area contributed by atoms with E-state index < -0.39 is 21.9 Å². The van der Waals surface area contributed by atoms with Gasteiger partial charge >= 0.3 is 5.97 Å². The molecule has 1 aromatic heterocycles. The first-order chi connectivity index (χ1) is 10.2. The predicted molar refractivity (Wildman–Crippen MR) is 80.7 cm³/mol. The van der Waals surface area contributed by atoms with E-state index in [1.165, 1.54) is 16.8 Å². The lowest BCUT2D eigenvalue weighted by atomic mass is 9.92. The highest BCUT2D eigenvalue weighted by atomic mass is 32.2. The molecule has 2 atom stereocenters. The number of piperidine rings is 1. The number of nitrogens with zero attached hydrogens (tertiary/aromatic N) is 3. The first kappa shape index (κ1) is 17.0. The predicted octanol–water partition coefficient (Wildman–Crippen LogP) is 1.27. The lowest BCUT2D eigenvalue weighted by Gasteiger charge is -2.33. The normalized spacial score (nSPS) is 23.8. The third-order valence-electron chi connectivity index (χ3n) is 3.77. The van der Waals surface area contributed by atoms with Crippen molar-refractivity contribution in [2.24, 2.45) is 17.8 Å². The smallest absolute Gasteiger partial charge is 0.307 e. The van der Waals surface area contributed by atoms with E-state index in [1.54, 1.807) is 4.57 Å². The molecule has 1 N–H and O–H groups in total. The molecular weight excluding hydrogens is 306 g/mol. The fourth-order valence-corrected chi connectivity index (χ4v) is 4.34. The number of carbonyl (C=O) groups is 1. The molecule has 1 aromatic rings. The highest BCUT2D eigenvalue weighted by molar-refractivity contribution is 7.89. The third kappa shape index (κ3) is 3.67. The van der Waals surface area contributed by atoms with Gasteiger partial charge in [-0.2, -0.15) is 4.31 Å². The SMILES string of the molecule is CC(C)Cn1cnc(S(=O)(=O)N2CC(C)CC(C(=O)O)C2)c1. The molecule has 7 nitrogen and oxygen atoms in total. The van der Waals surface area contributed by atoms with Gasteiger partial charge in [0.25, 0.3) is 10.0 Å². The van der Waals surface area contributed by atoms with Crippen molar-refractivity contribution in [1.29, 1.82) is 0 Å². The van der Waals surface area contributed by atoms with Gasteiger partial charge in [-0.25, -0.2) is 13.4 Å². The second kappa shape index (κ2) is 6.37. The zero-order chi connectivity index (χ0) is 16.5. The summed E-state index contributed by atoms with van der Waals surface area (Å²) in [6.07, 6.45) is 3.53. The summed E-state index contributed by atoms with van der Waals surface area (Å²) in [4.78, 5) is 15.2. The Kier molecular flexibility index (Phi) is 4.91. The maximum atomic E-state index is 12.7. The Labute approximate surface area is 131 Å². The number of imidazole rings is 1. The second-order valence-electron chi connectivity index (χ2n) is 6.50. The van der Waals surface area contributed by atoms with Crippen LogP contribution in [0.5, 0.6) is 0 Å². The van der Waals surface area contributed by atoms with Crippen molar-refractivity contribution >= 4 is 16.0 Å². The van der Waals surface area contributed by atoms with Crippen LogP contribution < -0.4 is 0 Å². The number of hydrogen-bond donors (Lipinski definition) is 1. The van der Waals surface area contributed by atoms with Gasteiger partial charge in [-0.15, -0.1) is 0 Å². The van der Waals surface area contributed by atoms with Crippen LogP contribution in [-0.4, -0.2) is 46.4 Å². The summed E-state index contributed by atoms with van der Waals surface area (Å²) in [6.45, 7) is 6.99. The number of rotatable bonds is 5. The minimum absolute atomic E-state index is 0.00797. The molecule has 8 heteroatoms. The Morgan fingerprint density at radius 1 is 1.45 bits per heavy atom. The first-order valence-electron chi connectivity index (χ1n) is 7.45. The van der Waals surface area contributed by atoms with Crippen LogP contribution in [0.4, 0.5) is 0 Å². The second-order valence-corrected chi connectivity index (χ2v) is 8.39. The summed E-state index contributed by atoms with van der Waals surface area (Å²) in [5.74, 6) is -1.20. The van der Waals surface area contributed by atoms with Crippen LogP contribution in [0.1, 0.15) is 27.2 Å². The average Bonchev–Trinajstić information content (AvgIpc) is 2.86. The minimum Gasteiger partial charge on any atom is -0.481 e. The van der Waals surface area contributed by atoms with Crippen molar-refractivity contribution < 1.29 is 18.3 Å². The van der Waals surface area contributed by atoms with Gasteiger partial charge < -0.3 is 9.67 Å². The Balaban J connectivity index is 2.21. The Morgan fingerprint density at radius 3 is 2.73 bits per heavy atom. The molecule has 1 saturated heterocycles.